The average Bonchev–Trinajstić information content (AvgIpc) is 2.76. The molecule has 3 heteroatoms. The summed E-state index contributed by atoms with van der Waals surface area (Å²) in [4.78, 5) is 24.2. The molecular weight excluding hydrogens is 252 g/mol. The van der Waals surface area contributed by atoms with Crippen molar-refractivity contribution >= 4 is 11.8 Å². The van der Waals surface area contributed by atoms with Gasteiger partial charge in [0, 0.05) is 12.0 Å². The maximum absolute atomic E-state index is 12.2. The van der Waals surface area contributed by atoms with Gasteiger partial charge in [0.05, 0.1) is 5.56 Å². The first-order valence-corrected chi connectivity index (χ1v) is 6.55. The van der Waals surface area contributed by atoms with Crippen molar-refractivity contribution in [1.29, 1.82) is 0 Å². The molecule has 1 atom stereocenters. The average molecular weight is 266 g/mol. The number of hydrogen-bond acceptors (Lipinski definition) is 3. The van der Waals surface area contributed by atoms with Crippen LogP contribution in [0.25, 0.3) is 0 Å². The third-order valence-electron chi connectivity index (χ3n) is 3.49. The monoisotopic (exact) mass is 266 g/mol. The van der Waals surface area contributed by atoms with Crippen molar-refractivity contribution in [3.63, 3.8) is 0 Å². The molecule has 0 saturated carbocycles. The van der Waals surface area contributed by atoms with Crippen molar-refractivity contribution in [2.45, 2.75) is 19.4 Å². The molecule has 1 aliphatic carbocycles. The van der Waals surface area contributed by atoms with Crippen LogP contribution < -0.4 is 0 Å². The fraction of sp³-hybridized carbons (Fsp3) is 0.176. The van der Waals surface area contributed by atoms with E-state index >= 15 is 0 Å². The van der Waals surface area contributed by atoms with E-state index in [1.807, 2.05) is 31.2 Å². The molecule has 0 radical (unpaired) electrons. The Morgan fingerprint density at radius 1 is 1.15 bits per heavy atom. The number of carbonyl (C=O) groups is 2. The first kappa shape index (κ1) is 12.6. The number of rotatable bonds is 2. The van der Waals surface area contributed by atoms with Gasteiger partial charge in [-0.1, -0.05) is 35.9 Å². The lowest BCUT2D eigenvalue weighted by molar-refractivity contribution is 0.0304. The lowest BCUT2D eigenvalue weighted by Crippen LogP contribution is -2.24. The molecule has 0 N–H and O–H groups in total. The summed E-state index contributed by atoms with van der Waals surface area (Å²) in [5, 5.41) is 0. The first-order valence-electron chi connectivity index (χ1n) is 6.55. The molecule has 2 aromatic rings. The number of hydrogen-bond donors (Lipinski definition) is 0. The van der Waals surface area contributed by atoms with E-state index in [2.05, 4.69) is 0 Å². The summed E-state index contributed by atoms with van der Waals surface area (Å²) < 4.78 is 5.34. The van der Waals surface area contributed by atoms with E-state index in [9.17, 15) is 9.59 Å². The Morgan fingerprint density at radius 2 is 1.90 bits per heavy atom. The van der Waals surface area contributed by atoms with Gasteiger partial charge in [-0.05, 0) is 30.7 Å². The highest BCUT2D eigenvalue weighted by Gasteiger charge is 2.33. The highest BCUT2D eigenvalue weighted by atomic mass is 16.5. The number of carbonyl (C=O) groups excluding carboxylic acids is 2. The Kier molecular flexibility index (Phi) is 3.11. The lowest BCUT2D eigenvalue weighted by atomic mass is 10.1. The number of esters is 1. The number of fused-ring (bicyclic) bond motifs is 1. The minimum absolute atomic E-state index is 0.104. The van der Waals surface area contributed by atoms with E-state index in [4.69, 9.17) is 4.74 Å². The molecule has 1 aliphatic rings. The highest BCUT2D eigenvalue weighted by molar-refractivity contribution is 6.05. The van der Waals surface area contributed by atoms with Gasteiger partial charge in [0.1, 0.15) is 0 Å². The number of ketones is 1. The van der Waals surface area contributed by atoms with Gasteiger partial charge in [-0.2, -0.15) is 0 Å². The van der Waals surface area contributed by atoms with Gasteiger partial charge in [0.15, 0.2) is 6.10 Å². The molecule has 0 heterocycles. The van der Waals surface area contributed by atoms with Crippen LogP contribution in [0.3, 0.4) is 0 Å². The topological polar surface area (TPSA) is 43.4 Å². The summed E-state index contributed by atoms with van der Waals surface area (Å²) in [6.07, 6.45) is -0.230. The van der Waals surface area contributed by atoms with Crippen LogP contribution in [0.4, 0.5) is 0 Å². The fourth-order valence-corrected chi connectivity index (χ4v) is 2.43. The van der Waals surface area contributed by atoms with Crippen molar-refractivity contribution in [3.05, 3.63) is 70.8 Å². The van der Waals surface area contributed by atoms with Crippen LogP contribution in [0.5, 0.6) is 0 Å². The molecule has 20 heavy (non-hydrogen) atoms. The number of ether oxygens (including phenoxy) is 1. The molecule has 0 aliphatic heterocycles. The predicted octanol–water partition coefficient (Wildman–Crippen LogP) is 2.96. The molecule has 100 valence electrons. The quantitative estimate of drug-likeness (QED) is 0.785. The van der Waals surface area contributed by atoms with Crippen LogP contribution >= 0.6 is 0 Å². The number of benzene rings is 2. The zero-order valence-electron chi connectivity index (χ0n) is 11.1. The number of Topliss-reactive ketones (excluding diaryl/α,β-unsaturated/α-hetero) is 1. The summed E-state index contributed by atoms with van der Waals surface area (Å²) in [5.41, 5.74) is 3.13. The Bertz CT molecular complexity index is 674. The molecule has 0 amide bonds. The molecule has 0 saturated heterocycles. The van der Waals surface area contributed by atoms with Gasteiger partial charge in [0.2, 0.25) is 5.78 Å². The molecule has 0 fully saturated rings. The van der Waals surface area contributed by atoms with Crippen LogP contribution in [0.1, 0.15) is 31.8 Å². The van der Waals surface area contributed by atoms with Crippen molar-refractivity contribution in [3.8, 4) is 0 Å². The maximum atomic E-state index is 12.2. The molecule has 3 nitrogen and oxygen atoms in total. The molecule has 0 unspecified atom stereocenters. The first-order chi connectivity index (χ1) is 9.65. The van der Waals surface area contributed by atoms with E-state index in [-0.39, 0.29) is 5.78 Å². The second kappa shape index (κ2) is 4.93. The van der Waals surface area contributed by atoms with Crippen LogP contribution in [-0.2, 0) is 11.2 Å². The normalized spacial score (nSPS) is 16.9. The van der Waals surface area contributed by atoms with Crippen molar-refractivity contribution in [2.24, 2.45) is 0 Å². The van der Waals surface area contributed by atoms with Crippen LogP contribution in [0, 0.1) is 6.92 Å². The van der Waals surface area contributed by atoms with E-state index in [1.165, 1.54) is 0 Å². The number of aryl methyl sites for hydroxylation is 1. The Hall–Kier alpha value is -2.42. The van der Waals surface area contributed by atoms with E-state index in [0.29, 0.717) is 17.5 Å². The minimum atomic E-state index is -0.695. The second-order valence-corrected chi connectivity index (χ2v) is 4.99. The Labute approximate surface area is 117 Å². The Morgan fingerprint density at radius 3 is 2.65 bits per heavy atom. The smallest absolute Gasteiger partial charge is 0.338 e. The van der Waals surface area contributed by atoms with Crippen LogP contribution in [-0.4, -0.2) is 17.9 Å². The largest absolute Gasteiger partial charge is 0.450 e. The third kappa shape index (κ3) is 2.23. The van der Waals surface area contributed by atoms with Crippen molar-refractivity contribution < 1.29 is 14.3 Å². The summed E-state index contributed by atoms with van der Waals surface area (Å²) in [7, 11) is 0. The standard InChI is InChI=1S/C17H14O3/c1-11-7-8-13-10-15(16(18)14(13)9-11)20-17(19)12-5-3-2-4-6-12/h2-9,15H,10H2,1H3/t15-/m1/s1. The zero-order valence-corrected chi connectivity index (χ0v) is 11.1. The summed E-state index contributed by atoms with van der Waals surface area (Å²) in [5.74, 6) is -0.554. The fourth-order valence-electron chi connectivity index (χ4n) is 2.43. The predicted molar refractivity (Wildman–Crippen MR) is 74.9 cm³/mol. The van der Waals surface area contributed by atoms with Crippen molar-refractivity contribution in [2.75, 3.05) is 0 Å². The highest BCUT2D eigenvalue weighted by Crippen LogP contribution is 2.25. The maximum Gasteiger partial charge on any atom is 0.338 e. The zero-order chi connectivity index (χ0) is 14.1. The van der Waals surface area contributed by atoms with E-state index in [1.54, 1.807) is 24.3 Å². The van der Waals surface area contributed by atoms with E-state index < -0.39 is 12.1 Å². The van der Waals surface area contributed by atoms with Crippen LogP contribution in [0.15, 0.2) is 48.5 Å². The van der Waals surface area contributed by atoms with Gasteiger partial charge in [0.25, 0.3) is 0 Å². The van der Waals surface area contributed by atoms with Gasteiger partial charge in [-0.15, -0.1) is 0 Å². The molecule has 2 aromatic carbocycles. The van der Waals surface area contributed by atoms with Gasteiger partial charge < -0.3 is 4.74 Å². The summed E-state index contributed by atoms with van der Waals surface area (Å²) in [6, 6.07) is 14.5. The second-order valence-electron chi connectivity index (χ2n) is 4.99. The van der Waals surface area contributed by atoms with Gasteiger partial charge in [-0.3, -0.25) is 4.79 Å². The van der Waals surface area contributed by atoms with E-state index in [0.717, 1.165) is 11.1 Å². The SMILES string of the molecule is Cc1ccc2c(c1)C(=O)[C@H](OC(=O)c1ccccc1)C2. The summed E-state index contributed by atoms with van der Waals surface area (Å²) in [6.45, 7) is 1.94. The minimum Gasteiger partial charge on any atom is -0.450 e. The third-order valence-corrected chi connectivity index (χ3v) is 3.49. The molecule has 0 bridgehead atoms. The van der Waals surface area contributed by atoms with Gasteiger partial charge >= 0.3 is 5.97 Å². The molecule has 0 aromatic heterocycles. The van der Waals surface area contributed by atoms with Gasteiger partial charge in [-0.25, -0.2) is 4.79 Å². The lowest BCUT2D eigenvalue weighted by Gasteiger charge is -2.10. The summed E-state index contributed by atoms with van der Waals surface area (Å²) >= 11 is 0. The molecule has 3 rings (SSSR count). The molecular formula is C17H14O3. The Balaban J connectivity index is 1.78. The van der Waals surface area contributed by atoms with Crippen molar-refractivity contribution in [1.82, 2.24) is 0 Å². The molecule has 0 spiro atoms. The van der Waals surface area contributed by atoms with Crippen LogP contribution in [0.2, 0.25) is 0 Å².